The van der Waals surface area contributed by atoms with Gasteiger partial charge in [-0.3, -0.25) is 24.4 Å². The molecular weight excluding hydrogens is 556 g/mol. The molecule has 0 radical (unpaired) electrons. The zero-order chi connectivity index (χ0) is 30.3. The highest BCUT2D eigenvalue weighted by Crippen LogP contribution is 2.09. The number of nitrogens with zero attached hydrogens (tertiary/aromatic N) is 3. The third-order valence-electron chi connectivity index (χ3n) is 5.45. The number of Topliss-reactive ketones (excluding diaryl/α,β-unsaturated/α-hetero) is 1. The maximum atomic E-state index is 13.0. The van der Waals surface area contributed by atoms with E-state index in [1.807, 2.05) is 0 Å². The predicted molar refractivity (Wildman–Crippen MR) is 152 cm³/mol. The SMILES string of the molecule is NC(N)=NCCC[C@H](NC(=O)CNC(=O)[C@@H](CCCN=C(N)N)NS(=O)(=O)Cc1ccccc1)C(=O)c1ncco1. The Bertz CT molecular complexity index is 1290. The fraction of sp³-hybridized carbons (Fsp3) is 0.417. The highest BCUT2D eigenvalue weighted by Gasteiger charge is 2.27. The van der Waals surface area contributed by atoms with Crippen LogP contribution < -0.4 is 38.3 Å². The van der Waals surface area contributed by atoms with Gasteiger partial charge in [0.15, 0.2) is 11.9 Å². The van der Waals surface area contributed by atoms with Crippen molar-refractivity contribution in [1.82, 2.24) is 20.3 Å². The maximum absolute atomic E-state index is 13.0. The van der Waals surface area contributed by atoms with Gasteiger partial charge in [-0.15, -0.1) is 0 Å². The lowest BCUT2D eigenvalue weighted by molar-refractivity contribution is -0.127. The molecule has 1 aromatic carbocycles. The Balaban J connectivity index is 2.03. The van der Waals surface area contributed by atoms with Crippen LogP contribution in [0.3, 0.4) is 0 Å². The molecule has 17 heteroatoms. The minimum absolute atomic E-state index is 0.0499. The van der Waals surface area contributed by atoms with Gasteiger partial charge in [0.25, 0.3) is 5.89 Å². The number of carbonyl (C=O) groups is 3. The van der Waals surface area contributed by atoms with E-state index in [-0.39, 0.29) is 55.9 Å². The van der Waals surface area contributed by atoms with E-state index in [0.717, 1.165) is 0 Å². The molecule has 2 atom stereocenters. The van der Waals surface area contributed by atoms with Crippen LogP contribution in [0.15, 0.2) is 57.2 Å². The summed E-state index contributed by atoms with van der Waals surface area (Å²) in [6, 6.07) is 6.19. The van der Waals surface area contributed by atoms with E-state index in [2.05, 4.69) is 30.3 Å². The molecule has 0 fully saturated rings. The molecule has 2 amide bonds. The molecular formula is C24H36N10O6S. The second-order valence-corrected chi connectivity index (χ2v) is 10.6. The third-order valence-corrected chi connectivity index (χ3v) is 6.80. The number of hydrogen-bond acceptors (Lipinski definition) is 9. The van der Waals surface area contributed by atoms with Gasteiger partial charge < -0.3 is 38.0 Å². The van der Waals surface area contributed by atoms with Gasteiger partial charge in [-0.1, -0.05) is 30.3 Å². The van der Waals surface area contributed by atoms with Crippen LogP contribution in [-0.4, -0.2) is 74.6 Å². The van der Waals surface area contributed by atoms with Crippen molar-refractivity contribution in [1.29, 1.82) is 0 Å². The fourth-order valence-electron chi connectivity index (χ4n) is 3.60. The number of nitrogens with two attached hydrogens (primary N) is 4. The number of oxazole rings is 1. The van der Waals surface area contributed by atoms with Crippen LogP contribution in [-0.2, 0) is 25.4 Å². The smallest absolute Gasteiger partial charge is 0.265 e. The molecule has 0 aliphatic heterocycles. The Hall–Kier alpha value is -4.51. The molecule has 0 saturated carbocycles. The number of guanidine groups is 2. The molecule has 16 nitrogen and oxygen atoms in total. The molecule has 11 N–H and O–H groups in total. The Morgan fingerprint density at radius 3 is 2.10 bits per heavy atom. The van der Waals surface area contributed by atoms with E-state index in [0.29, 0.717) is 12.0 Å². The summed E-state index contributed by atoms with van der Waals surface area (Å²) in [5.41, 5.74) is 21.8. The van der Waals surface area contributed by atoms with Crippen LogP contribution in [0.4, 0.5) is 0 Å². The molecule has 0 unspecified atom stereocenters. The summed E-state index contributed by atoms with van der Waals surface area (Å²) in [7, 11) is -3.93. The Labute approximate surface area is 237 Å². The Morgan fingerprint density at radius 1 is 0.927 bits per heavy atom. The predicted octanol–water partition coefficient (Wildman–Crippen LogP) is -1.95. The number of nitrogens with one attached hydrogen (secondary N) is 3. The summed E-state index contributed by atoms with van der Waals surface area (Å²) in [4.78, 5) is 49.9. The summed E-state index contributed by atoms with van der Waals surface area (Å²) < 4.78 is 33.0. The number of hydrogen-bond donors (Lipinski definition) is 7. The van der Waals surface area contributed by atoms with Gasteiger partial charge in [-0.05, 0) is 31.2 Å². The molecule has 41 heavy (non-hydrogen) atoms. The molecule has 2 aromatic rings. The highest BCUT2D eigenvalue weighted by atomic mass is 32.2. The monoisotopic (exact) mass is 592 g/mol. The minimum atomic E-state index is -3.93. The lowest BCUT2D eigenvalue weighted by Gasteiger charge is -2.19. The van der Waals surface area contributed by atoms with E-state index < -0.39 is 46.2 Å². The van der Waals surface area contributed by atoms with Gasteiger partial charge in [0.1, 0.15) is 12.3 Å². The molecule has 0 bridgehead atoms. The van der Waals surface area contributed by atoms with Crippen LogP contribution in [0.1, 0.15) is 41.9 Å². The van der Waals surface area contributed by atoms with Crippen LogP contribution >= 0.6 is 0 Å². The maximum Gasteiger partial charge on any atom is 0.265 e. The van der Waals surface area contributed by atoms with Crippen molar-refractivity contribution < 1.29 is 27.2 Å². The number of carbonyl (C=O) groups excluding carboxylic acids is 3. The van der Waals surface area contributed by atoms with Crippen molar-refractivity contribution in [3.63, 3.8) is 0 Å². The average Bonchev–Trinajstić information content (AvgIpc) is 3.45. The van der Waals surface area contributed by atoms with E-state index in [1.54, 1.807) is 30.3 Å². The van der Waals surface area contributed by atoms with E-state index in [4.69, 9.17) is 27.4 Å². The molecule has 224 valence electrons. The zero-order valence-corrected chi connectivity index (χ0v) is 23.2. The summed E-state index contributed by atoms with van der Waals surface area (Å²) in [6.07, 6.45) is 3.34. The van der Waals surface area contributed by atoms with Crippen LogP contribution in [0.25, 0.3) is 0 Å². The molecule has 0 aliphatic rings. The number of aromatic nitrogens is 1. The molecule has 0 saturated heterocycles. The number of aliphatic imine (C=N–C) groups is 2. The zero-order valence-electron chi connectivity index (χ0n) is 22.4. The van der Waals surface area contributed by atoms with Crippen molar-refractivity contribution in [3.05, 3.63) is 54.2 Å². The summed E-state index contributed by atoms with van der Waals surface area (Å²) in [6.45, 7) is -0.153. The summed E-state index contributed by atoms with van der Waals surface area (Å²) >= 11 is 0. The van der Waals surface area contributed by atoms with Crippen LogP contribution in [0.2, 0.25) is 0 Å². The second kappa shape index (κ2) is 16.6. The number of sulfonamides is 1. The van der Waals surface area contributed by atoms with Gasteiger partial charge in [0, 0.05) is 13.1 Å². The first-order chi connectivity index (χ1) is 19.5. The van der Waals surface area contributed by atoms with Crippen molar-refractivity contribution >= 4 is 39.5 Å². The van der Waals surface area contributed by atoms with E-state index in [9.17, 15) is 22.8 Å². The first-order valence-corrected chi connectivity index (χ1v) is 14.3. The average molecular weight is 593 g/mol. The molecule has 2 rings (SSSR count). The lowest BCUT2D eigenvalue weighted by Crippen LogP contribution is -2.51. The Kier molecular flexibility index (Phi) is 13.2. The van der Waals surface area contributed by atoms with Gasteiger partial charge in [-0.2, -0.15) is 0 Å². The van der Waals surface area contributed by atoms with Gasteiger partial charge in [0.2, 0.25) is 27.6 Å². The van der Waals surface area contributed by atoms with Crippen LogP contribution in [0, 0.1) is 0 Å². The highest BCUT2D eigenvalue weighted by molar-refractivity contribution is 7.88. The number of rotatable bonds is 18. The normalized spacial score (nSPS) is 12.5. The second-order valence-electron chi connectivity index (χ2n) is 8.85. The molecule has 0 aliphatic carbocycles. The number of ketones is 1. The largest absolute Gasteiger partial charge is 0.442 e. The summed E-state index contributed by atoms with van der Waals surface area (Å²) in [5, 5.41) is 4.95. The van der Waals surface area contributed by atoms with Crippen molar-refractivity contribution in [2.45, 2.75) is 43.5 Å². The fourth-order valence-corrected chi connectivity index (χ4v) is 4.97. The van der Waals surface area contributed by atoms with Gasteiger partial charge in [-0.25, -0.2) is 18.1 Å². The van der Waals surface area contributed by atoms with Crippen molar-refractivity contribution in [2.75, 3.05) is 19.6 Å². The van der Waals surface area contributed by atoms with Gasteiger partial charge in [0.05, 0.1) is 24.5 Å². The van der Waals surface area contributed by atoms with Crippen molar-refractivity contribution in [2.24, 2.45) is 32.9 Å². The van der Waals surface area contributed by atoms with E-state index >= 15 is 0 Å². The topological polar surface area (TPSA) is 276 Å². The number of benzene rings is 1. The quantitative estimate of drug-likeness (QED) is 0.0432. The van der Waals surface area contributed by atoms with Crippen molar-refractivity contribution in [3.8, 4) is 0 Å². The molecule has 0 spiro atoms. The summed E-state index contributed by atoms with van der Waals surface area (Å²) in [5.74, 6) is -2.82. The van der Waals surface area contributed by atoms with Crippen LogP contribution in [0.5, 0.6) is 0 Å². The first kappa shape index (κ1) is 32.7. The minimum Gasteiger partial charge on any atom is -0.442 e. The standard InChI is InChI=1S/C24H36N10O6S/c25-23(26)30-10-4-8-17(20(36)22-29-12-13-40-22)33-19(35)14-32-21(37)18(9-5-11-31-24(27)28)34-41(38,39)15-16-6-2-1-3-7-16/h1-3,6-7,12-13,17-18,34H,4-5,8-11,14-15H2,(H,32,37)(H,33,35)(H4,25,26,30)(H4,27,28,31)/t17-,18+/m0/s1. The number of amides is 2. The third kappa shape index (κ3) is 12.9. The lowest BCUT2D eigenvalue weighted by atomic mass is 10.1. The van der Waals surface area contributed by atoms with E-state index in [1.165, 1.54) is 12.5 Å². The Morgan fingerprint density at radius 2 is 1.54 bits per heavy atom. The molecule has 1 aromatic heterocycles. The first-order valence-electron chi connectivity index (χ1n) is 12.6. The van der Waals surface area contributed by atoms with Gasteiger partial charge >= 0.3 is 0 Å². The molecule has 1 heterocycles.